The Hall–Kier alpha value is 0.650. The molecule has 0 radical (unpaired) electrons. The quantitative estimate of drug-likeness (QED) is 0.337. The van der Waals surface area contributed by atoms with Gasteiger partial charge in [0.2, 0.25) is 0 Å². The molecule has 0 aromatic heterocycles. The molecule has 3 heteroatoms. The second-order valence-electron chi connectivity index (χ2n) is 2.48. The Labute approximate surface area is 61.3 Å². The van der Waals surface area contributed by atoms with Crippen molar-refractivity contribution in [2.24, 2.45) is 0 Å². The molecule has 0 heterocycles. The van der Waals surface area contributed by atoms with Gasteiger partial charge in [-0.3, -0.25) is 0 Å². The van der Waals surface area contributed by atoms with Gasteiger partial charge in [-0.25, -0.2) is 0 Å². The molecule has 2 N–H and O–H groups in total. The molecule has 0 fully saturated rings. The van der Waals surface area contributed by atoms with Gasteiger partial charge < -0.3 is 34.7 Å². The van der Waals surface area contributed by atoms with Crippen LogP contribution in [0.4, 0.5) is 0 Å². The van der Waals surface area contributed by atoms with Crippen molar-refractivity contribution >= 4 is 0 Å². The molecule has 0 saturated carbocycles. The Morgan fingerprint density at radius 2 is 1.43 bits per heavy atom. The predicted molar refractivity (Wildman–Crippen MR) is 25.0 cm³/mol. The van der Waals surface area contributed by atoms with E-state index in [1.807, 2.05) is 20.8 Å². The van der Waals surface area contributed by atoms with Gasteiger partial charge in [0.15, 0.2) is 0 Å². The molecule has 2 nitrogen and oxygen atoms in total. The minimum absolute atomic E-state index is 0. The zero-order valence-electron chi connectivity index (χ0n) is 4.86. The largest absolute Gasteiger partial charge is 1.00 e. The molecule has 0 amide bonds. The van der Waals surface area contributed by atoms with E-state index in [0.717, 1.165) is 5.48 Å². The summed E-state index contributed by atoms with van der Waals surface area (Å²) in [7, 11) is 0. The summed E-state index contributed by atoms with van der Waals surface area (Å²) in [6.45, 7) is 5.62. The Morgan fingerprint density at radius 3 is 1.43 bits per heavy atom. The number of hydrogen-bond acceptors (Lipinski definition) is 1. The van der Waals surface area contributed by atoms with Crippen LogP contribution in [0.5, 0.6) is 0 Å². The fourth-order valence-electron chi connectivity index (χ4n) is 0. The average Bonchev–Trinajstić information content (AvgIpc) is 1.35. The zero-order chi connectivity index (χ0) is 5.21. The molecule has 0 aromatic rings. The van der Waals surface area contributed by atoms with Gasteiger partial charge in [-0.2, -0.15) is 0 Å². The molecule has 0 atom stereocenters. The van der Waals surface area contributed by atoms with Gasteiger partial charge >= 0.3 is 0 Å². The lowest BCUT2D eigenvalue weighted by atomic mass is 10.1. The summed E-state index contributed by atoms with van der Waals surface area (Å²) in [6.07, 6.45) is 0. The standard InChI is InChI=1S/C4H11NO.HI/c1-4(2,3)5-6;/h5H2,1-3H3;1H/p-1. The number of quaternary nitrogens is 1. The molecule has 0 saturated heterocycles. The molecular weight excluding hydrogens is 205 g/mol. The highest BCUT2D eigenvalue weighted by atomic mass is 127. The van der Waals surface area contributed by atoms with Gasteiger partial charge in [-0.15, -0.1) is 0 Å². The Balaban J connectivity index is 0. The van der Waals surface area contributed by atoms with E-state index in [2.05, 4.69) is 0 Å². The molecule has 0 aliphatic heterocycles. The smallest absolute Gasteiger partial charge is 0.0873 e. The first-order chi connectivity index (χ1) is 2.56. The van der Waals surface area contributed by atoms with E-state index in [4.69, 9.17) is 0 Å². The molecule has 0 rings (SSSR count). The van der Waals surface area contributed by atoms with Crippen LogP contribution in [0.1, 0.15) is 20.8 Å². The molecule has 46 valence electrons. The van der Waals surface area contributed by atoms with Crippen LogP contribution < -0.4 is 29.5 Å². The third-order valence-electron chi connectivity index (χ3n) is 0.354. The number of rotatable bonds is 0. The van der Waals surface area contributed by atoms with Crippen LogP contribution in [0.25, 0.3) is 0 Å². The lowest BCUT2D eigenvalue weighted by Crippen LogP contribution is -3.00. The third kappa shape index (κ3) is 10.8. The van der Waals surface area contributed by atoms with Gasteiger partial charge in [0.05, 0.1) is 5.54 Å². The van der Waals surface area contributed by atoms with E-state index in [1.54, 1.807) is 0 Å². The molecule has 0 aliphatic carbocycles. The lowest BCUT2D eigenvalue weighted by Gasteiger charge is -2.17. The highest BCUT2D eigenvalue weighted by Crippen LogP contribution is 1.86. The van der Waals surface area contributed by atoms with Crippen molar-refractivity contribution in [3.63, 3.8) is 0 Å². The minimum Gasteiger partial charge on any atom is -1.00 e. The molecular formula is C4H11INO-. The molecule has 0 aliphatic rings. The van der Waals surface area contributed by atoms with E-state index >= 15 is 0 Å². The Bertz CT molecular complexity index is 41.4. The van der Waals surface area contributed by atoms with Gasteiger partial charge in [-0.05, 0) is 20.8 Å². The first-order valence-corrected chi connectivity index (χ1v) is 2.02. The third-order valence-corrected chi connectivity index (χ3v) is 0.354. The second-order valence-corrected chi connectivity index (χ2v) is 2.48. The normalized spacial score (nSPS) is 10.3. The highest BCUT2D eigenvalue weighted by Gasteiger charge is 2.04. The van der Waals surface area contributed by atoms with Gasteiger partial charge in [0, 0.05) is 0 Å². The van der Waals surface area contributed by atoms with E-state index in [-0.39, 0.29) is 29.5 Å². The fraction of sp³-hybridized carbons (Fsp3) is 1.00. The van der Waals surface area contributed by atoms with Gasteiger partial charge in [0.1, 0.15) is 0 Å². The summed E-state index contributed by atoms with van der Waals surface area (Å²) in [5, 5.41) is 9.83. The van der Waals surface area contributed by atoms with E-state index in [0.29, 0.717) is 0 Å². The predicted octanol–water partition coefficient (Wildman–Crippen LogP) is -3.15. The zero-order valence-corrected chi connectivity index (χ0v) is 7.02. The number of nitrogens with two attached hydrogens (primary N) is 1. The summed E-state index contributed by atoms with van der Waals surface area (Å²) in [5.41, 5.74) is 0.799. The molecule has 7 heavy (non-hydrogen) atoms. The van der Waals surface area contributed by atoms with Crippen molar-refractivity contribution < 1.29 is 29.5 Å². The second kappa shape index (κ2) is 3.63. The molecule has 0 bridgehead atoms. The van der Waals surface area contributed by atoms with Crippen LogP contribution in [-0.4, -0.2) is 5.54 Å². The molecule has 0 unspecified atom stereocenters. The van der Waals surface area contributed by atoms with Crippen LogP contribution in [0.3, 0.4) is 0 Å². The van der Waals surface area contributed by atoms with Crippen LogP contribution in [0.2, 0.25) is 0 Å². The minimum atomic E-state index is -0.139. The number of halogens is 1. The Kier molecular flexibility index (Phi) is 5.49. The van der Waals surface area contributed by atoms with E-state index in [1.165, 1.54) is 0 Å². The van der Waals surface area contributed by atoms with Crippen molar-refractivity contribution in [2.75, 3.05) is 0 Å². The SMILES string of the molecule is CC(C)(C)[NH2+][O-].[I-]. The van der Waals surface area contributed by atoms with Crippen LogP contribution in [-0.2, 0) is 0 Å². The van der Waals surface area contributed by atoms with E-state index < -0.39 is 0 Å². The average molecular weight is 216 g/mol. The first-order valence-electron chi connectivity index (χ1n) is 2.02. The maximum absolute atomic E-state index is 9.83. The number of hydroxylamine groups is 1. The number of hydrogen-bond donors (Lipinski definition) is 1. The van der Waals surface area contributed by atoms with Crippen LogP contribution in [0, 0.1) is 5.21 Å². The maximum Gasteiger partial charge on any atom is 0.0873 e. The first kappa shape index (κ1) is 10.6. The van der Waals surface area contributed by atoms with Crippen molar-refractivity contribution in [2.45, 2.75) is 26.3 Å². The van der Waals surface area contributed by atoms with Crippen LogP contribution in [0.15, 0.2) is 0 Å². The summed E-state index contributed by atoms with van der Waals surface area (Å²) in [6, 6.07) is 0. The highest BCUT2D eigenvalue weighted by molar-refractivity contribution is 4.51. The lowest BCUT2D eigenvalue weighted by molar-refractivity contribution is -0.658. The topological polar surface area (TPSA) is 39.7 Å². The summed E-state index contributed by atoms with van der Waals surface area (Å²) >= 11 is 0. The van der Waals surface area contributed by atoms with Gasteiger partial charge in [-0.1, -0.05) is 0 Å². The van der Waals surface area contributed by atoms with Crippen molar-refractivity contribution in [3.05, 3.63) is 5.21 Å². The van der Waals surface area contributed by atoms with Crippen LogP contribution >= 0.6 is 0 Å². The maximum atomic E-state index is 9.83. The Morgan fingerprint density at radius 1 is 1.29 bits per heavy atom. The summed E-state index contributed by atoms with van der Waals surface area (Å²) in [4.78, 5) is 0. The molecule has 0 spiro atoms. The molecule has 0 aromatic carbocycles. The van der Waals surface area contributed by atoms with Crippen molar-refractivity contribution in [1.29, 1.82) is 0 Å². The monoisotopic (exact) mass is 216 g/mol. The van der Waals surface area contributed by atoms with Gasteiger partial charge in [0.25, 0.3) is 0 Å². The fourth-order valence-corrected chi connectivity index (χ4v) is 0. The van der Waals surface area contributed by atoms with Crippen molar-refractivity contribution in [3.8, 4) is 0 Å². The van der Waals surface area contributed by atoms with E-state index in [9.17, 15) is 5.21 Å². The van der Waals surface area contributed by atoms with Crippen molar-refractivity contribution in [1.82, 2.24) is 0 Å². The summed E-state index contributed by atoms with van der Waals surface area (Å²) < 4.78 is 0. The summed E-state index contributed by atoms with van der Waals surface area (Å²) in [5.74, 6) is 0.